The maximum Gasteiger partial charge on any atom is 0.122 e. The van der Waals surface area contributed by atoms with E-state index in [0.29, 0.717) is 0 Å². The van der Waals surface area contributed by atoms with Crippen molar-refractivity contribution in [2.24, 2.45) is 5.92 Å². The molecule has 0 N–H and O–H groups in total. The lowest BCUT2D eigenvalue weighted by Crippen LogP contribution is -2.43. The summed E-state index contributed by atoms with van der Waals surface area (Å²) in [5, 5.41) is 0. The van der Waals surface area contributed by atoms with Crippen LogP contribution in [0.5, 0.6) is 0 Å². The van der Waals surface area contributed by atoms with Gasteiger partial charge in [0.25, 0.3) is 0 Å². The van der Waals surface area contributed by atoms with Crippen LogP contribution >= 0.6 is 0 Å². The Balaban J connectivity index is 1.66. The average Bonchev–Trinajstić information content (AvgIpc) is 2.76. The predicted molar refractivity (Wildman–Crippen MR) is 90.7 cm³/mol. The molecule has 1 aromatic heterocycles. The molecular formula is C18H30N4. The summed E-state index contributed by atoms with van der Waals surface area (Å²) in [4.78, 5) is 9.90. The summed E-state index contributed by atoms with van der Waals surface area (Å²) >= 11 is 0. The van der Waals surface area contributed by atoms with Gasteiger partial charge in [0.15, 0.2) is 0 Å². The number of fused-ring (bicyclic) bond motifs is 4. The Labute approximate surface area is 134 Å². The van der Waals surface area contributed by atoms with Gasteiger partial charge in [0.2, 0.25) is 0 Å². The van der Waals surface area contributed by atoms with E-state index in [0.717, 1.165) is 31.6 Å². The van der Waals surface area contributed by atoms with Crippen molar-refractivity contribution >= 4 is 0 Å². The molecule has 4 heteroatoms. The van der Waals surface area contributed by atoms with E-state index in [1.165, 1.54) is 43.9 Å². The van der Waals surface area contributed by atoms with Crippen molar-refractivity contribution in [1.82, 2.24) is 19.4 Å². The van der Waals surface area contributed by atoms with Gasteiger partial charge in [-0.1, -0.05) is 11.6 Å². The summed E-state index contributed by atoms with van der Waals surface area (Å²) in [6.07, 6.45) is 9.18. The highest BCUT2D eigenvalue weighted by molar-refractivity contribution is 5.00. The zero-order chi connectivity index (χ0) is 15.5. The number of hydrogen-bond donors (Lipinski definition) is 0. The van der Waals surface area contributed by atoms with Crippen LogP contribution in [0.15, 0.2) is 24.0 Å². The number of imidazole rings is 1. The van der Waals surface area contributed by atoms with E-state index in [1.807, 2.05) is 6.20 Å². The van der Waals surface area contributed by atoms with Crippen molar-refractivity contribution in [3.05, 3.63) is 29.9 Å². The minimum Gasteiger partial charge on any atom is -0.334 e. The van der Waals surface area contributed by atoms with Gasteiger partial charge in [-0.2, -0.15) is 0 Å². The van der Waals surface area contributed by atoms with Gasteiger partial charge in [-0.3, -0.25) is 9.80 Å². The normalized spacial score (nSPS) is 26.1. The molecule has 122 valence electrons. The molecule has 0 unspecified atom stereocenters. The van der Waals surface area contributed by atoms with Crippen LogP contribution in [0.2, 0.25) is 0 Å². The molecule has 22 heavy (non-hydrogen) atoms. The molecule has 4 nitrogen and oxygen atoms in total. The Kier molecular flexibility index (Phi) is 4.99. The van der Waals surface area contributed by atoms with Crippen LogP contribution in [-0.4, -0.2) is 51.6 Å². The molecule has 0 aromatic carbocycles. The Morgan fingerprint density at radius 3 is 2.91 bits per heavy atom. The smallest absolute Gasteiger partial charge is 0.122 e. The highest BCUT2D eigenvalue weighted by Gasteiger charge is 2.34. The van der Waals surface area contributed by atoms with Crippen LogP contribution < -0.4 is 0 Å². The molecule has 0 radical (unpaired) electrons. The molecule has 0 amide bonds. The van der Waals surface area contributed by atoms with Gasteiger partial charge in [-0.15, -0.1) is 0 Å². The van der Waals surface area contributed by atoms with Gasteiger partial charge in [-0.25, -0.2) is 4.98 Å². The number of aromatic nitrogens is 2. The lowest BCUT2D eigenvalue weighted by atomic mass is 9.95. The van der Waals surface area contributed by atoms with Crippen LogP contribution in [0, 0.1) is 5.92 Å². The maximum atomic E-state index is 4.56. The molecule has 1 aromatic rings. The van der Waals surface area contributed by atoms with Gasteiger partial charge >= 0.3 is 0 Å². The van der Waals surface area contributed by atoms with Gasteiger partial charge in [0.1, 0.15) is 5.82 Å². The Hall–Kier alpha value is -1.13. The van der Waals surface area contributed by atoms with Gasteiger partial charge in [0.05, 0.1) is 6.54 Å². The van der Waals surface area contributed by atoms with Crippen LogP contribution in [0.1, 0.15) is 39.4 Å². The number of nitrogens with zero attached hydrogens (tertiary/aromatic N) is 4. The summed E-state index contributed by atoms with van der Waals surface area (Å²) in [5.74, 6) is 2.05. The van der Waals surface area contributed by atoms with E-state index in [2.05, 4.69) is 52.4 Å². The van der Waals surface area contributed by atoms with Crippen molar-refractivity contribution in [3.8, 4) is 0 Å². The summed E-state index contributed by atoms with van der Waals surface area (Å²) in [6, 6.07) is 0.722. The third kappa shape index (κ3) is 3.61. The van der Waals surface area contributed by atoms with E-state index >= 15 is 0 Å². The zero-order valence-corrected chi connectivity index (χ0v) is 14.3. The first-order valence-corrected chi connectivity index (χ1v) is 8.75. The first-order chi connectivity index (χ1) is 10.7. The van der Waals surface area contributed by atoms with E-state index in [-0.39, 0.29) is 0 Å². The fourth-order valence-electron chi connectivity index (χ4n) is 3.91. The van der Waals surface area contributed by atoms with Crippen molar-refractivity contribution in [1.29, 1.82) is 0 Å². The molecule has 4 rings (SSSR count). The van der Waals surface area contributed by atoms with Gasteiger partial charge in [0, 0.05) is 51.2 Å². The Bertz CT molecular complexity index is 515. The number of piperidine rings is 1. The van der Waals surface area contributed by atoms with E-state index < -0.39 is 0 Å². The number of rotatable bonds is 5. The van der Waals surface area contributed by atoms with Crippen molar-refractivity contribution in [3.63, 3.8) is 0 Å². The quantitative estimate of drug-likeness (QED) is 0.782. The SMILES string of the molecule is CCn1ccnc1CN1C[C@@H]2CC[C@H](C1)N(CC=C(C)C)C2. The molecule has 0 spiro atoms. The van der Waals surface area contributed by atoms with Crippen molar-refractivity contribution < 1.29 is 0 Å². The topological polar surface area (TPSA) is 24.3 Å². The second-order valence-electron chi connectivity index (χ2n) is 7.16. The Morgan fingerprint density at radius 2 is 2.14 bits per heavy atom. The maximum absolute atomic E-state index is 4.56. The first-order valence-electron chi connectivity index (χ1n) is 8.75. The number of aryl methyl sites for hydroxylation is 1. The fraction of sp³-hybridized carbons (Fsp3) is 0.722. The highest BCUT2D eigenvalue weighted by Crippen LogP contribution is 2.28. The van der Waals surface area contributed by atoms with E-state index in [9.17, 15) is 0 Å². The van der Waals surface area contributed by atoms with E-state index in [1.54, 1.807) is 0 Å². The molecule has 4 heterocycles. The van der Waals surface area contributed by atoms with Crippen LogP contribution in [0.4, 0.5) is 0 Å². The first kappa shape index (κ1) is 15.8. The molecule has 2 atom stereocenters. The van der Waals surface area contributed by atoms with Gasteiger partial charge in [-0.05, 0) is 39.5 Å². The molecular weight excluding hydrogens is 272 g/mol. The minimum atomic E-state index is 0.722. The number of hydrogen-bond acceptors (Lipinski definition) is 3. The molecule has 0 aliphatic carbocycles. The summed E-state index contributed by atoms with van der Waals surface area (Å²) < 4.78 is 2.27. The zero-order valence-electron chi connectivity index (χ0n) is 14.3. The van der Waals surface area contributed by atoms with Crippen LogP contribution in [0.3, 0.4) is 0 Å². The largest absolute Gasteiger partial charge is 0.334 e. The summed E-state index contributed by atoms with van der Waals surface area (Å²) in [7, 11) is 0. The second kappa shape index (κ2) is 6.97. The van der Waals surface area contributed by atoms with E-state index in [4.69, 9.17) is 0 Å². The lowest BCUT2D eigenvalue weighted by Gasteiger charge is -2.35. The third-order valence-corrected chi connectivity index (χ3v) is 5.14. The highest BCUT2D eigenvalue weighted by atomic mass is 15.3. The Morgan fingerprint density at radius 1 is 1.27 bits per heavy atom. The molecule has 0 saturated carbocycles. The average molecular weight is 302 g/mol. The monoisotopic (exact) mass is 302 g/mol. The molecule has 2 bridgehead atoms. The fourth-order valence-corrected chi connectivity index (χ4v) is 3.91. The van der Waals surface area contributed by atoms with Crippen molar-refractivity contribution in [2.45, 2.75) is 52.7 Å². The summed E-state index contributed by atoms with van der Waals surface area (Å²) in [5.41, 5.74) is 1.43. The molecule has 3 aliphatic heterocycles. The number of allylic oxidation sites excluding steroid dienone is 1. The standard InChI is InChI=1S/C18H30N4/c1-4-21-10-8-19-18(21)14-20-11-16-5-6-17(13-20)22(12-16)9-7-15(2)3/h7-8,10,16-17H,4-6,9,11-14H2,1-3H3/t16-,17+/m0/s1. The molecule has 3 fully saturated rings. The minimum absolute atomic E-state index is 0.722. The van der Waals surface area contributed by atoms with Gasteiger partial charge < -0.3 is 4.57 Å². The summed E-state index contributed by atoms with van der Waals surface area (Å²) in [6.45, 7) is 13.4. The molecule has 3 aliphatic rings. The van der Waals surface area contributed by atoms with Crippen molar-refractivity contribution in [2.75, 3.05) is 26.2 Å². The predicted octanol–water partition coefficient (Wildman–Crippen LogP) is 2.77. The molecule has 3 saturated heterocycles. The second-order valence-corrected chi connectivity index (χ2v) is 7.16. The lowest BCUT2D eigenvalue weighted by molar-refractivity contribution is 0.146. The third-order valence-electron chi connectivity index (χ3n) is 5.14. The van der Waals surface area contributed by atoms with Crippen LogP contribution in [-0.2, 0) is 13.1 Å². The van der Waals surface area contributed by atoms with Crippen LogP contribution in [0.25, 0.3) is 0 Å².